The number of sulfonamides is 1. The van der Waals surface area contributed by atoms with Gasteiger partial charge < -0.3 is 19.7 Å². The number of hydrogen-bond acceptors (Lipinski definition) is 7. The standard InChI is InChI=1S/C15H11BrF3NO7S/c1-26-14(23)9-5-8(27-15(17,18)19)6-10(13(9)22)20-28(24,25)12-4-7(16)2-3-11(12)21/h2-6,20-22H,1H3. The summed E-state index contributed by atoms with van der Waals surface area (Å²) in [7, 11) is -3.67. The summed E-state index contributed by atoms with van der Waals surface area (Å²) in [6.07, 6.45) is -5.15. The third-order valence-corrected chi connectivity index (χ3v) is 5.07. The van der Waals surface area contributed by atoms with Crippen LogP contribution in [0.4, 0.5) is 18.9 Å². The van der Waals surface area contributed by atoms with E-state index in [2.05, 4.69) is 25.4 Å². The first-order valence-electron chi connectivity index (χ1n) is 7.06. The Bertz CT molecular complexity index is 1030. The summed E-state index contributed by atoms with van der Waals surface area (Å²) in [6, 6.07) is 4.47. The Labute approximate surface area is 164 Å². The van der Waals surface area contributed by atoms with E-state index < -0.39 is 55.7 Å². The number of alkyl halides is 3. The molecule has 0 saturated carbocycles. The fourth-order valence-corrected chi connectivity index (χ4v) is 3.74. The van der Waals surface area contributed by atoms with E-state index in [1.807, 2.05) is 0 Å². The lowest BCUT2D eigenvalue weighted by atomic mass is 10.1. The molecule has 13 heteroatoms. The number of carbonyl (C=O) groups is 1. The number of carbonyl (C=O) groups excluding carboxylic acids is 1. The number of aromatic hydroxyl groups is 2. The van der Waals surface area contributed by atoms with Gasteiger partial charge in [-0.05, 0) is 24.3 Å². The van der Waals surface area contributed by atoms with Crippen molar-refractivity contribution in [1.82, 2.24) is 0 Å². The van der Waals surface area contributed by atoms with Crippen molar-refractivity contribution in [3.63, 3.8) is 0 Å². The summed E-state index contributed by atoms with van der Waals surface area (Å²) < 4.78 is 72.6. The molecule has 0 bridgehead atoms. The molecule has 8 nitrogen and oxygen atoms in total. The summed E-state index contributed by atoms with van der Waals surface area (Å²) in [4.78, 5) is 11.1. The zero-order chi connectivity index (χ0) is 21.3. The minimum absolute atomic E-state index is 0.277. The second-order valence-electron chi connectivity index (χ2n) is 5.12. The van der Waals surface area contributed by atoms with Crippen molar-refractivity contribution in [2.75, 3.05) is 11.8 Å². The lowest BCUT2D eigenvalue weighted by Gasteiger charge is -2.16. The molecular formula is C15H11BrF3NO7S. The zero-order valence-corrected chi connectivity index (χ0v) is 16.1. The van der Waals surface area contributed by atoms with E-state index >= 15 is 0 Å². The summed E-state index contributed by atoms with van der Waals surface area (Å²) >= 11 is 3.01. The van der Waals surface area contributed by atoms with Gasteiger partial charge in [0.05, 0.1) is 12.8 Å². The van der Waals surface area contributed by atoms with E-state index in [1.165, 1.54) is 6.07 Å². The van der Waals surface area contributed by atoms with E-state index in [9.17, 15) is 36.6 Å². The van der Waals surface area contributed by atoms with Crippen LogP contribution >= 0.6 is 15.9 Å². The van der Waals surface area contributed by atoms with Gasteiger partial charge in [0.2, 0.25) is 0 Å². The number of ether oxygens (including phenoxy) is 2. The summed E-state index contributed by atoms with van der Waals surface area (Å²) in [5.74, 6) is -3.89. The van der Waals surface area contributed by atoms with Crippen LogP contribution < -0.4 is 9.46 Å². The molecule has 0 heterocycles. The fourth-order valence-electron chi connectivity index (χ4n) is 2.05. The van der Waals surface area contributed by atoms with Gasteiger partial charge in [-0.25, -0.2) is 13.2 Å². The van der Waals surface area contributed by atoms with Gasteiger partial charge in [-0.3, -0.25) is 4.72 Å². The van der Waals surface area contributed by atoms with E-state index in [-0.39, 0.29) is 4.47 Å². The maximum atomic E-state index is 12.5. The summed E-state index contributed by atoms with van der Waals surface area (Å²) in [5, 5.41) is 19.9. The first-order valence-corrected chi connectivity index (χ1v) is 9.34. The van der Waals surface area contributed by atoms with Gasteiger partial charge in [0.15, 0.2) is 5.75 Å². The lowest BCUT2D eigenvalue weighted by molar-refractivity contribution is -0.274. The van der Waals surface area contributed by atoms with Crippen LogP contribution in [0.1, 0.15) is 10.4 Å². The number of benzene rings is 2. The molecular weight excluding hydrogens is 475 g/mol. The minimum Gasteiger partial charge on any atom is -0.507 e. The van der Waals surface area contributed by atoms with E-state index in [0.29, 0.717) is 12.1 Å². The van der Waals surface area contributed by atoms with E-state index in [1.54, 1.807) is 4.72 Å². The molecule has 3 N–H and O–H groups in total. The molecule has 0 unspecified atom stereocenters. The van der Waals surface area contributed by atoms with Gasteiger partial charge in [-0.2, -0.15) is 0 Å². The van der Waals surface area contributed by atoms with E-state index in [0.717, 1.165) is 19.2 Å². The predicted molar refractivity (Wildman–Crippen MR) is 92.7 cm³/mol. The molecule has 0 aliphatic heterocycles. The van der Waals surface area contributed by atoms with Gasteiger partial charge in [-0.15, -0.1) is 13.2 Å². The van der Waals surface area contributed by atoms with Crippen molar-refractivity contribution in [3.8, 4) is 17.2 Å². The third-order valence-electron chi connectivity index (χ3n) is 3.18. The highest BCUT2D eigenvalue weighted by Gasteiger charge is 2.33. The molecule has 0 atom stereocenters. The van der Waals surface area contributed by atoms with Gasteiger partial charge in [-0.1, -0.05) is 15.9 Å². The van der Waals surface area contributed by atoms with Gasteiger partial charge in [0.25, 0.3) is 10.0 Å². The molecule has 0 amide bonds. The molecule has 0 saturated heterocycles. The molecule has 0 aromatic heterocycles. The highest BCUT2D eigenvalue weighted by Crippen LogP contribution is 2.37. The highest BCUT2D eigenvalue weighted by atomic mass is 79.9. The van der Waals surface area contributed by atoms with Crippen molar-refractivity contribution >= 4 is 37.6 Å². The van der Waals surface area contributed by atoms with Crippen molar-refractivity contribution in [2.45, 2.75) is 11.3 Å². The number of phenols is 2. The third kappa shape index (κ3) is 4.98. The van der Waals surface area contributed by atoms with Crippen molar-refractivity contribution in [2.24, 2.45) is 0 Å². The minimum atomic E-state index is -5.15. The van der Waals surface area contributed by atoms with Crippen molar-refractivity contribution < 1.29 is 46.1 Å². The molecule has 0 aliphatic carbocycles. The molecule has 0 aliphatic rings. The molecule has 2 aromatic carbocycles. The normalized spacial score (nSPS) is 11.8. The zero-order valence-electron chi connectivity index (χ0n) is 13.7. The number of halogens is 4. The number of nitrogens with one attached hydrogen (secondary N) is 1. The van der Waals surface area contributed by atoms with Crippen LogP contribution in [0.3, 0.4) is 0 Å². The Kier molecular flexibility index (Phi) is 5.99. The van der Waals surface area contributed by atoms with Gasteiger partial charge in [0.1, 0.15) is 22.0 Å². The average Bonchev–Trinajstić information content (AvgIpc) is 2.57. The van der Waals surface area contributed by atoms with Crippen LogP contribution in [0.15, 0.2) is 39.7 Å². The van der Waals surface area contributed by atoms with Gasteiger partial charge >= 0.3 is 12.3 Å². The van der Waals surface area contributed by atoms with Crippen LogP contribution in [-0.4, -0.2) is 38.1 Å². The molecule has 28 heavy (non-hydrogen) atoms. The van der Waals surface area contributed by atoms with Crippen molar-refractivity contribution in [3.05, 3.63) is 40.4 Å². The second kappa shape index (κ2) is 7.75. The van der Waals surface area contributed by atoms with Crippen LogP contribution in [-0.2, 0) is 14.8 Å². The summed E-state index contributed by atoms with van der Waals surface area (Å²) in [5.41, 5.74) is -1.58. The predicted octanol–water partition coefficient (Wildman–Crippen LogP) is 3.35. The Hall–Kier alpha value is -2.67. The maximum Gasteiger partial charge on any atom is 0.573 e. The molecule has 2 aromatic rings. The topological polar surface area (TPSA) is 122 Å². The Morgan fingerprint density at radius 1 is 1.18 bits per heavy atom. The van der Waals surface area contributed by atoms with Crippen LogP contribution in [0.2, 0.25) is 0 Å². The number of esters is 1. The number of phenolic OH excluding ortho intramolecular Hbond substituents is 2. The number of anilines is 1. The van der Waals surface area contributed by atoms with Gasteiger partial charge in [0, 0.05) is 10.5 Å². The van der Waals surface area contributed by atoms with Crippen LogP contribution in [0.5, 0.6) is 17.2 Å². The molecule has 0 spiro atoms. The lowest BCUT2D eigenvalue weighted by Crippen LogP contribution is -2.19. The molecule has 152 valence electrons. The molecule has 0 radical (unpaired) electrons. The van der Waals surface area contributed by atoms with Crippen LogP contribution in [0.25, 0.3) is 0 Å². The highest BCUT2D eigenvalue weighted by molar-refractivity contribution is 9.10. The first-order chi connectivity index (χ1) is 12.8. The maximum absolute atomic E-state index is 12.5. The van der Waals surface area contributed by atoms with Crippen molar-refractivity contribution in [1.29, 1.82) is 0 Å². The molecule has 2 rings (SSSR count). The molecule has 0 fully saturated rings. The van der Waals surface area contributed by atoms with E-state index in [4.69, 9.17) is 0 Å². The monoisotopic (exact) mass is 485 g/mol. The Morgan fingerprint density at radius 2 is 1.82 bits per heavy atom. The smallest absolute Gasteiger partial charge is 0.507 e. The Balaban J connectivity index is 2.58. The fraction of sp³-hybridized carbons (Fsp3) is 0.133. The van der Waals surface area contributed by atoms with Crippen LogP contribution in [0, 0.1) is 0 Å². The number of rotatable bonds is 5. The Morgan fingerprint density at radius 3 is 2.39 bits per heavy atom. The number of hydrogen-bond donors (Lipinski definition) is 3. The number of methoxy groups -OCH3 is 1. The average molecular weight is 486 g/mol. The largest absolute Gasteiger partial charge is 0.573 e. The quantitative estimate of drug-likeness (QED) is 0.438. The first kappa shape index (κ1) is 21.6. The second-order valence-corrected chi connectivity index (χ2v) is 7.69. The summed E-state index contributed by atoms with van der Waals surface area (Å²) in [6.45, 7) is 0. The SMILES string of the molecule is COC(=O)c1cc(OC(F)(F)F)cc(NS(=O)(=O)c2cc(Br)ccc2O)c1O.